The van der Waals surface area contributed by atoms with Crippen LogP contribution in [-0.4, -0.2) is 54.4 Å². The van der Waals surface area contributed by atoms with E-state index in [2.05, 4.69) is 10.6 Å². The molecule has 3 amide bonds. The number of ether oxygens (including phenoxy) is 1. The molecule has 2 N–H and O–H groups in total. The zero-order chi connectivity index (χ0) is 32.9. The Labute approximate surface area is 257 Å². The van der Waals surface area contributed by atoms with Crippen molar-refractivity contribution in [3.8, 4) is 0 Å². The van der Waals surface area contributed by atoms with E-state index < -0.39 is 35.7 Å². The Morgan fingerprint density at radius 1 is 0.911 bits per heavy atom. The summed E-state index contributed by atoms with van der Waals surface area (Å²) < 4.78 is 87.0. The second kappa shape index (κ2) is 14.2. The number of halogens is 6. The number of rotatable bonds is 8. The lowest BCUT2D eigenvalue weighted by Gasteiger charge is -2.42. The van der Waals surface area contributed by atoms with Crippen LogP contribution < -0.4 is 10.6 Å². The van der Waals surface area contributed by atoms with Gasteiger partial charge in [-0.15, -0.1) is 0 Å². The van der Waals surface area contributed by atoms with Crippen molar-refractivity contribution >= 4 is 17.7 Å². The standard InChI is InChI=1S/C32H37F6N3O4/c1-19(23-14-24(31(33,34)35)16-25(15-23)32(36,37)38)45-28-12-13-41(18-27(28)21-6-4-3-5-7-21)30(44)22-8-10-26(11-9-22)40-29(43)17-39-20(2)42/h3-7,14-16,19,22,26-28H,8-13,17-18H2,1-2H3,(H,39,42)(H,40,43)/t19-,22?,26?,27+,28+/m1/s1. The van der Waals surface area contributed by atoms with Crippen LogP contribution in [0.15, 0.2) is 48.5 Å². The number of hydrogen-bond donors (Lipinski definition) is 2. The summed E-state index contributed by atoms with van der Waals surface area (Å²) in [6.45, 7) is 3.25. The van der Waals surface area contributed by atoms with Crippen molar-refractivity contribution in [2.24, 2.45) is 5.92 Å². The average molecular weight is 642 g/mol. The van der Waals surface area contributed by atoms with Gasteiger partial charge in [-0.2, -0.15) is 26.3 Å². The Morgan fingerprint density at radius 3 is 2.07 bits per heavy atom. The van der Waals surface area contributed by atoms with Gasteiger partial charge in [0.1, 0.15) is 0 Å². The zero-order valence-electron chi connectivity index (χ0n) is 25.0. The molecule has 2 aliphatic rings. The smallest absolute Gasteiger partial charge is 0.370 e. The van der Waals surface area contributed by atoms with Crippen molar-refractivity contribution in [3.63, 3.8) is 0 Å². The maximum atomic E-state index is 13.6. The number of nitrogens with one attached hydrogen (secondary N) is 2. The van der Waals surface area contributed by atoms with Gasteiger partial charge in [-0.1, -0.05) is 30.3 Å². The minimum absolute atomic E-state index is 0.0295. The first-order chi connectivity index (χ1) is 21.1. The summed E-state index contributed by atoms with van der Waals surface area (Å²) in [5, 5.41) is 5.33. The largest absolute Gasteiger partial charge is 0.416 e. The van der Waals surface area contributed by atoms with Gasteiger partial charge in [0.15, 0.2) is 0 Å². The Kier molecular flexibility index (Phi) is 10.8. The SMILES string of the molecule is CC(=O)NCC(=O)NC1CCC(C(=O)N2CC[C@H](O[C@H](C)c3cc(C(F)(F)F)cc(C(F)(F)F)c3)[C@H](c3ccccc3)C2)CC1. The lowest BCUT2D eigenvalue weighted by atomic mass is 9.83. The van der Waals surface area contributed by atoms with E-state index in [1.165, 1.54) is 13.8 Å². The van der Waals surface area contributed by atoms with Crippen LogP contribution in [0.2, 0.25) is 0 Å². The number of likely N-dealkylation sites (tertiary alicyclic amines) is 1. The predicted molar refractivity (Wildman–Crippen MR) is 153 cm³/mol. The maximum Gasteiger partial charge on any atom is 0.416 e. The van der Waals surface area contributed by atoms with Crippen LogP contribution in [0.4, 0.5) is 26.3 Å². The predicted octanol–water partition coefficient (Wildman–Crippen LogP) is 6.00. The normalized spacial score (nSPS) is 23.2. The van der Waals surface area contributed by atoms with E-state index in [1.54, 1.807) is 4.90 Å². The highest BCUT2D eigenvalue weighted by Crippen LogP contribution is 2.40. The minimum Gasteiger partial charge on any atom is -0.370 e. The molecule has 1 saturated carbocycles. The fraction of sp³-hybridized carbons (Fsp3) is 0.531. The molecule has 45 heavy (non-hydrogen) atoms. The van der Waals surface area contributed by atoms with E-state index in [0.717, 1.165) is 5.56 Å². The monoisotopic (exact) mass is 641 g/mol. The number of benzene rings is 2. The summed E-state index contributed by atoms with van der Waals surface area (Å²) in [5.74, 6) is -1.22. The lowest BCUT2D eigenvalue weighted by molar-refractivity contribution is -0.143. The van der Waals surface area contributed by atoms with E-state index in [0.29, 0.717) is 50.8 Å². The topological polar surface area (TPSA) is 87.7 Å². The second-order valence-electron chi connectivity index (χ2n) is 11.8. The summed E-state index contributed by atoms with van der Waals surface area (Å²) in [4.78, 5) is 38.4. The van der Waals surface area contributed by atoms with E-state index >= 15 is 0 Å². The summed E-state index contributed by atoms with van der Waals surface area (Å²) in [6.07, 6.45) is -8.87. The van der Waals surface area contributed by atoms with Crippen molar-refractivity contribution in [1.82, 2.24) is 15.5 Å². The van der Waals surface area contributed by atoms with E-state index in [4.69, 9.17) is 4.74 Å². The van der Waals surface area contributed by atoms with Crippen LogP contribution in [0.3, 0.4) is 0 Å². The van der Waals surface area contributed by atoms with Crippen LogP contribution in [0, 0.1) is 5.92 Å². The van der Waals surface area contributed by atoms with E-state index in [-0.39, 0.29) is 60.3 Å². The van der Waals surface area contributed by atoms with Gasteiger partial charge in [-0.05, 0) is 68.4 Å². The molecule has 0 bridgehead atoms. The first-order valence-corrected chi connectivity index (χ1v) is 14.9. The molecule has 1 aliphatic heterocycles. The van der Waals surface area contributed by atoms with Crippen molar-refractivity contribution in [2.45, 2.75) is 82.5 Å². The first kappa shape index (κ1) is 34.3. The third-order valence-electron chi connectivity index (χ3n) is 8.49. The minimum atomic E-state index is -4.97. The molecule has 2 aromatic rings. The molecule has 0 radical (unpaired) electrons. The molecule has 0 unspecified atom stereocenters. The molecule has 1 heterocycles. The number of piperidine rings is 1. The highest BCUT2D eigenvalue weighted by Gasteiger charge is 2.40. The van der Waals surface area contributed by atoms with Gasteiger partial charge in [-0.25, -0.2) is 0 Å². The number of carbonyl (C=O) groups is 3. The summed E-state index contributed by atoms with van der Waals surface area (Å²) >= 11 is 0. The van der Waals surface area contributed by atoms with Gasteiger partial charge in [0.2, 0.25) is 17.7 Å². The van der Waals surface area contributed by atoms with E-state index in [1.807, 2.05) is 30.3 Å². The van der Waals surface area contributed by atoms with E-state index in [9.17, 15) is 40.7 Å². The third kappa shape index (κ3) is 9.21. The Hall–Kier alpha value is -3.61. The van der Waals surface area contributed by atoms with Gasteiger partial charge in [-0.3, -0.25) is 14.4 Å². The molecule has 246 valence electrons. The summed E-state index contributed by atoms with van der Waals surface area (Å²) in [7, 11) is 0. The second-order valence-corrected chi connectivity index (χ2v) is 11.8. The molecular weight excluding hydrogens is 604 g/mol. The fourth-order valence-corrected chi connectivity index (χ4v) is 6.09. The molecule has 2 fully saturated rings. The van der Waals surface area contributed by atoms with Crippen molar-refractivity contribution in [3.05, 3.63) is 70.8 Å². The zero-order valence-corrected chi connectivity index (χ0v) is 25.0. The number of carbonyl (C=O) groups excluding carboxylic acids is 3. The number of alkyl halides is 6. The van der Waals surface area contributed by atoms with Gasteiger partial charge >= 0.3 is 12.4 Å². The number of nitrogens with zero attached hydrogens (tertiary/aromatic N) is 1. The van der Waals surface area contributed by atoms with Gasteiger partial charge in [0.25, 0.3) is 0 Å². The maximum absolute atomic E-state index is 13.6. The van der Waals surface area contributed by atoms with Crippen LogP contribution in [0.5, 0.6) is 0 Å². The van der Waals surface area contributed by atoms with Crippen molar-refractivity contribution in [2.75, 3.05) is 19.6 Å². The molecule has 2 aromatic carbocycles. The van der Waals surface area contributed by atoms with Crippen molar-refractivity contribution in [1.29, 1.82) is 0 Å². The average Bonchev–Trinajstić information content (AvgIpc) is 2.99. The molecule has 13 heteroatoms. The Bertz CT molecular complexity index is 1310. The molecule has 0 aromatic heterocycles. The highest BCUT2D eigenvalue weighted by atomic mass is 19.4. The molecular formula is C32H37F6N3O4. The quantitative estimate of drug-likeness (QED) is 0.347. The molecule has 4 rings (SSSR count). The van der Waals surface area contributed by atoms with Crippen LogP contribution in [0.25, 0.3) is 0 Å². The molecule has 7 nitrogen and oxygen atoms in total. The number of amides is 3. The third-order valence-corrected chi connectivity index (χ3v) is 8.49. The molecule has 1 saturated heterocycles. The van der Waals surface area contributed by atoms with Gasteiger partial charge in [0, 0.05) is 37.9 Å². The van der Waals surface area contributed by atoms with Crippen molar-refractivity contribution < 1.29 is 45.5 Å². The first-order valence-electron chi connectivity index (χ1n) is 14.9. The van der Waals surface area contributed by atoms with Crippen LogP contribution in [0.1, 0.15) is 80.2 Å². The summed E-state index contributed by atoms with van der Waals surface area (Å²) in [5.41, 5.74) is -2.18. The van der Waals surface area contributed by atoms with Crippen LogP contribution >= 0.6 is 0 Å². The van der Waals surface area contributed by atoms with Gasteiger partial charge in [0.05, 0.1) is 29.9 Å². The molecule has 1 aliphatic carbocycles. The lowest BCUT2D eigenvalue weighted by Crippen LogP contribution is -2.49. The Morgan fingerprint density at radius 2 is 1.51 bits per heavy atom. The summed E-state index contributed by atoms with van der Waals surface area (Å²) in [6, 6.07) is 10.6. The van der Waals surface area contributed by atoms with Crippen LogP contribution in [-0.2, 0) is 31.5 Å². The molecule has 3 atom stereocenters. The Balaban J connectivity index is 1.44. The number of hydrogen-bond acceptors (Lipinski definition) is 4. The molecule has 0 spiro atoms. The fourth-order valence-electron chi connectivity index (χ4n) is 6.09. The van der Waals surface area contributed by atoms with Gasteiger partial charge < -0.3 is 20.3 Å². The highest BCUT2D eigenvalue weighted by molar-refractivity contribution is 5.84.